The molecule has 3 heteroatoms. The van der Waals surface area contributed by atoms with Gasteiger partial charge in [-0.15, -0.1) is 0 Å². The fraction of sp³-hybridized carbons (Fsp3) is 0.208. The van der Waals surface area contributed by atoms with Crippen molar-refractivity contribution in [2.45, 2.75) is 33.6 Å². The Hall–Kier alpha value is -3.07. The Morgan fingerprint density at radius 1 is 0.889 bits per heavy atom. The maximum Gasteiger partial charge on any atom is 0.255 e. The number of anilines is 1. The second-order valence-corrected chi connectivity index (χ2v) is 7.08. The molecule has 0 heterocycles. The summed E-state index contributed by atoms with van der Waals surface area (Å²) < 4.78 is 6.05. The zero-order valence-electron chi connectivity index (χ0n) is 16.2. The van der Waals surface area contributed by atoms with Crippen LogP contribution in [-0.2, 0) is 0 Å². The second-order valence-electron chi connectivity index (χ2n) is 7.08. The van der Waals surface area contributed by atoms with Gasteiger partial charge in [0.15, 0.2) is 0 Å². The van der Waals surface area contributed by atoms with Gasteiger partial charge in [0, 0.05) is 11.3 Å². The number of benzene rings is 3. The summed E-state index contributed by atoms with van der Waals surface area (Å²) in [6.07, 6.45) is 0. The average Bonchev–Trinajstić information content (AvgIpc) is 2.65. The van der Waals surface area contributed by atoms with Crippen LogP contribution in [0.4, 0.5) is 5.69 Å². The summed E-state index contributed by atoms with van der Waals surface area (Å²) in [7, 11) is 0. The Morgan fingerprint density at radius 3 is 2.26 bits per heavy atom. The van der Waals surface area contributed by atoms with Crippen LogP contribution in [0.2, 0.25) is 0 Å². The van der Waals surface area contributed by atoms with Crippen LogP contribution in [-0.4, -0.2) is 5.91 Å². The highest BCUT2D eigenvalue weighted by Gasteiger charge is 2.09. The van der Waals surface area contributed by atoms with E-state index in [0.717, 1.165) is 28.3 Å². The molecule has 3 nitrogen and oxygen atoms in total. The van der Waals surface area contributed by atoms with Gasteiger partial charge >= 0.3 is 0 Å². The standard InChI is InChI=1S/C24H25NO2/c1-16(2)19-10-9-18(4)23(15-19)27-21-13-11-20(12-14-21)25-24(26)22-8-6-5-7-17(22)3/h5-16H,1-4H3,(H,25,26). The number of carbonyl (C=O) groups excluding carboxylic acids is 1. The predicted molar refractivity (Wildman–Crippen MR) is 111 cm³/mol. The second kappa shape index (κ2) is 8.09. The van der Waals surface area contributed by atoms with Gasteiger partial charge in [-0.1, -0.05) is 44.2 Å². The summed E-state index contributed by atoms with van der Waals surface area (Å²) in [5, 5.41) is 2.93. The Kier molecular flexibility index (Phi) is 5.60. The number of amides is 1. The minimum Gasteiger partial charge on any atom is -0.457 e. The summed E-state index contributed by atoms with van der Waals surface area (Å²) in [6.45, 7) is 8.30. The van der Waals surface area contributed by atoms with Gasteiger partial charge in [0.1, 0.15) is 11.5 Å². The van der Waals surface area contributed by atoms with Crippen LogP contribution < -0.4 is 10.1 Å². The molecule has 0 unspecified atom stereocenters. The number of aryl methyl sites for hydroxylation is 2. The molecule has 3 aromatic rings. The lowest BCUT2D eigenvalue weighted by molar-refractivity contribution is 0.102. The Labute approximate surface area is 161 Å². The molecule has 0 aromatic heterocycles. The molecule has 0 spiro atoms. The normalized spacial score (nSPS) is 10.7. The predicted octanol–water partition coefficient (Wildman–Crippen LogP) is 6.47. The molecule has 138 valence electrons. The van der Waals surface area contributed by atoms with Gasteiger partial charge in [-0.2, -0.15) is 0 Å². The van der Waals surface area contributed by atoms with E-state index in [9.17, 15) is 4.79 Å². The maximum atomic E-state index is 12.4. The van der Waals surface area contributed by atoms with Gasteiger partial charge in [0.2, 0.25) is 0 Å². The Morgan fingerprint density at radius 2 is 1.59 bits per heavy atom. The smallest absolute Gasteiger partial charge is 0.255 e. The van der Waals surface area contributed by atoms with Crippen LogP contribution >= 0.6 is 0 Å². The molecule has 0 atom stereocenters. The van der Waals surface area contributed by atoms with E-state index in [0.29, 0.717) is 11.5 Å². The number of carbonyl (C=O) groups is 1. The molecule has 0 radical (unpaired) electrons. The minimum absolute atomic E-state index is 0.109. The van der Waals surface area contributed by atoms with Crippen molar-refractivity contribution in [3.05, 3.63) is 89.0 Å². The van der Waals surface area contributed by atoms with Crippen molar-refractivity contribution in [1.82, 2.24) is 0 Å². The third-order valence-corrected chi connectivity index (χ3v) is 4.61. The zero-order chi connectivity index (χ0) is 19.4. The number of ether oxygens (including phenoxy) is 1. The number of hydrogen-bond acceptors (Lipinski definition) is 2. The van der Waals surface area contributed by atoms with Crippen LogP contribution in [0.1, 0.15) is 46.8 Å². The van der Waals surface area contributed by atoms with Crippen molar-refractivity contribution in [3.63, 3.8) is 0 Å². The van der Waals surface area contributed by atoms with Crippen LogP contribution in [0.5, 0.6) is 11.5 Å². The third kappa shape index (κ3) is 4.56. The SMILES string of the molecule is Cc1ccc(C(C)C)cc1Oc1ccc(NC(=O)c2ccccc2C)cc1. The topological polar surface area (TPSA) is 38.3 Å². The first-order chi connectivity index (χ1) is 12.9. The van der Waals surface area contributed by atoms with Crippen molar-refractivity contribution >= 4 is 11.6 Å². The van der Waals surface area contributed by atoms with Crippen molar-refractivity contribution in [2.75, 3.05) is 5.32 Å². The summed E-state index contributed by atoms with van der Waals surface area (Å²) in [5.74, 6) is 1.94. The third-order valence-electron chi connectivity index (χ3n) is 4.61. The fourth-order valence-electron chi connectivity index (χ4n) is 2.85. The number of nitrogens with one attached hydrogen (secondary N) is 1. The molecule has 1 amide bonds. The van der Waals surface area contributed by atoms with Gasteiger partial charge in [0.05, 0.1) is 0 Å². The first-order valence-electron chi connectivity index (χ1n) is 9.19. The summed E-state index contributed by atoms with van der Waals surface area (Å²) in [4.78, 5) is 12.4. The Balaban J connectivity index is 1.72. The van der Waals surface area contributed by atoms with Gasteiger partial charge in [-0.25, -0.2) is 0 Å². The van der Waals surface area contributed by atoms with E-state index in [1.165, 1.54) is 5.56 Å². The maximum absolute atomic E-state index is 12.4. The van der Waals surface area contributed by atoms with E-state index < -0.39 is 0 Å². The largest absolute Gasteiger partial charge is 0.457 e. The van der Waals surface area contributed by atoms with Gasteiger partial charge in [-0.05, 0) is 72.9 Å². The summed E-state index contributed by atoms with van der Waals surface area (Å²) in [5.41, 5.74) is 4.71. The van der Waals surface area contributed by atoms with Crippen LogP contribution in [0.3, 0.4) is 0 Å². The zero-order valence-corrected chi connectivity index (χ0v) is 16.2. The highest BCUT2D eigenvalue weighted by Crippen LogP contribution is 2.29. The van der Waals surface area contributed by atoms with E-state index in [2.05, 4.69) is 37.4 Å². The fourth-order valence-corrected chi connectivity index (χ4v) is 2.85. The molecular weight excluding hydrogens is 334 g/mol. The van der Waals surface area contributed by atoms with Crippen LogP contribution in [0.25, 0.3) is 0 Å². The number of hydrogen-bond donors (Lipinski definition) is 1. The first-order valence-corrected chi connectivity index (χ1v) is 9.19. The van der Waals surface area contributed by atoms with Crippen LogP contribution in [0, 0.1) is 13.8 Å². The van der Waals surface area contributed by atoms with Gasteiger partial charge in [0.25, 0.3) is 5.91 Å². The molecule has 0 fully saturated rings. The first kappa shape index (κ1) is 18.7. The monoisotopic (exact) mass is 359 g/mol. The molecular formula is C24H25NO2. The molecule has 0 saturated heterocycles. The molecule has 0 saturated carbocycles. The molecule has 0 bridgehead atoms. The van der Waals surface area contributed by atoms with E-state index in [-0.39, 0.29) is 5.91 Å². The van der Waals surface area contributed by atoms with Gasteiger partial charge in [-0.3, -0.25) is 4.79 Å². The van der Waals surface area contributed by atoms with Crippen molar-refractivity contribution in [3.8, 4) is 11.5 Å². The van der Waals surface area contributed by atoms with E-state index in [1.54, 1.807) is 0 Å². The highest BCUT2D eigenvalue weighted by molar-refractivity contribution is 6.05. The summed E-state index contributed by atoms with van der Waals surface area (Å²) in [6, 6.07) is 21.3. The molecule has 0 aliphatic rings. The average molecular weight is 359 g/mol. The summed E-state index contributed by atoms with van der Waals surface area (Å²) >= 11 is 0. The van der Waals surface area contributed by atoms with Crippen molar-refractivity contribution in [1.29, 1.82) is 0 Å². The van der Waals surface area contributed by atoms with Crippen molar-refractivity contribution < 1.29 is 9.53 Å². The quantitative estimate of drug-likeness (QED) is 0.567. The molecule has 0 aliphatic heterocycles. The number of rotatable bonds is 5. The molecule has 27 heavy (non-hydrogen) atoms. The minimum atomic E-state index is -0.109. The molecule has 1 N–H and O–H groups in total. The van der Waals surface area contributed by atoms with E-state index in [1.807, 2.05) is 62.4 Å². The van der Waals surface area contributed by atoms with Crippen molar-refractivity contribution in [2.24, 2.45) is 0 Å². The molecule has 3 aromatic carbocycles. The molecule has 3 rings (SSSR count). The van der Waals surface area contributed by atoms with Crippen LogP contribution in [0.15, 0.2) is 66.7 Å². The van der Waals surface area contributed by atoms with E-state index >= 15 is 0 Å². The molecule has 0 aliphatic carbocycles. The lowest BCUT2D eigenvalue weighted by Gasteiger charge is -2.13. The highest BCUT2D eigenvalue weighted by atomic mass is 16.5. The lowest BCUT2D eigenvalue weighted by atomic mass is 10.0. The Bertz CT molecular complexity index is 943. The van der Waals surface area contributed by atoms with E-state index in [4.69, 9.17) is 4.74 Å². The van der Waals surface area contributed by atoms with Gasteiger partial charge < -0.3 is 10.1 Å². The lowest BCUT2D eigenvalue weighted by Crippen LogP contribution is -2.13.